The van der Waals surface area contributed by atoms with Crippen LogP contribution in [0.15, 0.2) is 0 Å². The summed E-state index contributed by atoms with van der Waals surface area (Å²) in [5.74, 6) is -0.112. The zero-order chi connectivity index (χ0) is 30.3. The molecule has 2 aliphatic carbocycles. The zero-order valence-corrected chi connectivity index (χ0v) is 23.3. The van der Waals surface area contributed by atoms with Crippen molar-refractivity contribution in [1.29, 1.82) is 0 Å². The maximum absolute atomic E-state index is 10.9. The van der Waals surface area contributed by atoms with Gasteiger partial charge < -0.3 is 74.7 Å². The minimum absolute atomic E-state index is 0.0720. The largest absolute Gasteiger partial charge is 0.394 e. The molecule has 18 atom stereocenters. The van der Waals surface area contributed by atoms with Gasteiger partial charge in [0, 0.05) is 12.3 Å². The molecule has 0 radical (unpaired) electrons. The summed E-state index contributed by atoms with van der Waals surface area (Å²) < 4.78 is 29.7. The van der Waals surface area contributed by atoms with Gasteiger partial charge in [0.25, 0.3) is 0 Å². The van der Waals surface area contributed by atoms with E-state index in [9.17, 15) is 51.1 Å². The minimum Gasteiger partial charge on any atom is -0.394 e. The average Bonchev–Trinajstić information content (AvgIpc) is 2.97. The quantitative estimate of drug-likeness (QED) is 0.131. The van der Waals surface area contributed by atoms with Gasteiger partial charge in [-0.25, -0.2) is 0 Å². The van der Waals surface area contributed by atoms with Gasteiger partial charge in [-0.2, -0.15) is 0 Å². The van der Waals surface area contributed by atoms with Gasteiger partial charge in [0.1, 0.15) is 48.8 Å². The lowest BCUT2D eigenvalue weighted by Crippen LogP contribution is -2.65. The maximum Gasteiger partial charge on any atom is 0.187 e. The van der Waals surface area contributed by atoms with Gasteiger partial charge in [-0.1, -0.05) is 0 Å². The van der Waals surface area contributed by atoms with Gasteiger partial charge in [-0.3, -0.25) is 0 Å². The number of hydrogen-bond acceptors (Lipinski definition) is 15. The van der Waals surface area contributed by atoms with Gasteiger partial charge in [0.05, 0.1) is 49.8 Å². The molecule has 0 bridgehead atoms. The van der Waals surface area contributed by atoms with Crippen LogP contribution in [0, 0.1) is 11.8 Å². The first kappa shape index (κ1) is 32.8. The standard InChI is InChI=1S/C27H46O15/c28-8-18-20(33)22(35)24(37)26(40-18)42-25-23(36)21(34)19(9-29)41-27(25)39-17-7-11(30)6-16-12(17)2-4-15(38-16)10-1-3-13(31)14(32)5-10/h10-37H,1-9H2. The predicted octanol–water partition coefficient (Wildman–Crippen LogP) is -4.16. The van der Waals surface area contributed by atoms with Crippen molar-refractivity contribution in [3.05, 3.63) is 0 Å². The van der Waals surface area contributed by atoms with Crippen molar-refractivity contribution in [3.8, 4) is 0 Å². The Morgan fingerprint density at radius 1 is 0.548 bits per heavy atom. The average molecular weight is 611 g/mol. The molecule has 42 heavy (non-hydrogen) atoms. The third kappa shape index (κ3) is 6.66. The van der Waals surface area contributed by atoms with Crippen molar-refractivity contribution in [1.82, 2.24) is 0 Å². The van der Waals surface area contributed by atoms with E-state index >= 15 is 0 Å². The monoisotopic (exact) mass is 610 g/mol. The molecule has 0 aromatic heterocycles. The van der Waals surface area contributed by atoms with E-state index in [0.717, 1.165) is 6.42 Å². The molecule has 18 unspecified atom stereocenters. The molecule has 0 aromatic carbocycles. The topological polar surface area (TPSA) is 248 Å². The van der Waals surface area contributed by atoms with Crippen LogP contribution in [0.2, 0.25) is 0 Å². The SMILES string of the molecule is OCC1OC(OC2C(OC3CC(O)CC4OC(C5CCC(O)C(O)C5)CCC43)OC(CO)C(O)C2O)C(O)C(O)C1O. The maximum atomic E-state index is 10.9. The van der Waals surface area contributed by atoms with Crippen molar-refractivity contribution in [2.75, 3.05) is 13.2 Å². The van der Waals surface area contributed by atoms with Crippen LogP contribution >= 0.6 is 0 Å². The highest BCUT2D eigenvalue weighted by Crippen LogP contribution is 2.43. The van der Waals surface area contributed by atoms with Crippen LogP contribution < -0.4 is 0 Å². The third-order valence-electron chi connectivity index (χ3n) is 9.72. The molecule has 3 aliphatic heterocycles. The summed E-state index contributed by atoms with van der Waals surface area (Å²) in [6, 6.07) is 0. The summed E-state index contributed by atoms with van der Waals surface area (Å²) >= 11 is 0. The molecule has 5 rings (SSSR count). The summed E-state index contributed by atoms with van der Waals surface area (Å²) in [6.45, 7) is -1.36. The molecule has 0 amide bonds. The fourth-order valence-corrected chi connectivity index (χ4v) is 7.22. The molecular formula is C27H46O15. The summed E-state index contributed by atoms with van der Waals surface area (Å²) in [4.78, 5) is 0. The molecular weight excluding hydrogens is 564 g/mol. The van der Waals surface area contributed by atoms with Gasteiger partial charge in [-0.15, -0.1) is 0 Å². The molecule has 2 saturated carbocycles. The second-order valence-electron chi connectivity index (χ2n) is 12.5. The van der Waals surface area contributed by atoms with Crippen molar-refractivity contribution in [2.45, 2.75) is 143 Å². The highest BCUT2D eigenvalue weighted by molar-refractivity contribution is 4.97. The Balaban J connectivity index is 1.30. The van der Waals surface area contributed by atoms with E-state index in [1.54, 1.807) is 0 Å². The molecule has 10 N–H and O–H groups in total. The lowest BCUT2D eigenvalue weighted by Gasteiger charge is -2.50. The highest BCUT2D eigenvalue weighted by atomic mass is 16.8. The smallest absolute Gasteiger partial charge is 0.187 e. The summed E-state index contributed by atoms with van der Waals surface area (Å²) in [5.41, 5.74) is 0. The Morgan fingerprint density at radius 2 is 1.21 bits per heavy atom. The second kappa shape index (κ2) is 13.8. The predicted molar refractivity (Wildman–Crippen MR) is 137 cm³/mol. The summed E-state index contributed by atoms with van der Waals surface area (Å²) in [7, 11) is 0. The van der Waals surface area contributed by atoms with E-state index in [2.05, 4.69) is 0 Å². The minimum atomic E-state index is -1.78. The van der Waals surface area contributed by atoms with E-state index in [4.69, 9.17) is 23.7 Å². The van der Waals surface area contributed by atoms with Crippen molar-refractivity contribution in [2.24, 2.45) is 11.8 Å². The first-order chi connectivity index (χ1) is 20.0. The number of fused-ring (bicyclic) bond motifs is 1. The van der Waals surface area contributed by atoms with Crippen LogP contribution in [-0.4, -0.2) is 162 Å². The highest BCUT2D eigenvalue weighted by Gasteiger charge is 2.53. The van der Waals surface area contributed by atoms with Gasteiger partial charge in [0.15, 0.2) is 12.6 Å². The van der Waals surface area contributed by atoms with E-state index in [1.807, 2.05) is 0 Å². The third-order valence-corrected chi connectivity index (χ3v) is 9.72. The Kier molecular flexibility index (Phi) is 10.8. The first-order valence-electron chi connectivity index (χ1n) is 15.0. The van der Waals surface area contributed by atoms with E-state index in [1.165, 1.54) is 0 Å². The number of aliphatic hydroxyl groups excluding tert-OH is 10. The van der Waals surface area contributed by atoms with Crippen LogP contribution in [0.4, 0.5) is 0 Å². The van der Waals surface area contributed by atoms with Crippen LogP contribution in [0.25, 0.3) is 0 Å². The van der Waals surface area contributed by atoms with Gasteiger partial charge >= 0.3 is 0 Å². The lowest BCUT2D eigenvalue weighted by atomic mass is 9.73. The van der Waals surface area contributed by atoms with E-state index in [-0.39, 0.29) is 30.5 Å². The number of hydrogen-bond donors (Lipinski definition) is 10. The second-order valence-corrected chi connectivity index (χ2v) is 12.5. The molecule has 0 aromatic rings. The van der Waals surface area contributed by atoms with Crippen molar-refractivity contribution < 1.29 is 74.7 Å². The van der Waals surface area contributed by atoms with Gasteiger partial charge in [0.2, 0.25) is 0 Å². The molecule has 15 nitrogen and oxygen atoms in total. The number of rotatable bonds is 7. The Hall–Kier alpha value is -0.600. The summed E-state index contributed by atoms with van der Waals surface area (Å²) in [6.07, 6.45) is -15.5. The van der Waals surface area contributed by atoms with Crippen molar-refractivity contribution >= 4 is 0 Å². The van der Waals surface area contributed by atoms with E-state index in [0.29, 0.717) is 32.1 Å². The fourth-order valence-electron chi connectivity index (χ4n) is 7.22. The Labute approximate surface area is 243 Å². The Bertz CT molecular complexity index is 865. The summed E-state index contributed by atoms with van der Waals surface area (Å²) in [5, 5.41) is 102. The van der Waals surface area contributed by atoms with Crippen molar-refractivity contribution in [3.63, 3.8) is 0 Å². The van der Waals surface area contributed by atoms with Crippen LogP contribution in [0.1, 0.15) is 44.9 Å². The Morgan fingerprint density at radius 3 is 1.88 bits per heavy atom. The van der Waals surface area contributed by atoms with Crippen LogP contribution in [-0.2, 0) is 23.7 Å². The van der Waals surface area contributed by atoms with E-state index < -0.39 is 99.0 Å². The van der Waals surface area contributed by atoms with Crippen LogP contribution in [0.3, 0.4) is 0 Å². The first-order valence-corrected chi connectivity index (χ1v) is 15.0. The lowest BCUT2D eigenvalue weighted by molar-refractivity contribution is -0.376. The number of ether oxygens (including phenoxy) is 5. The number of aliphatic hydroxyl groups is 10. The molecule has 5 aliphatic rings. The zero-order valence-electron chi connectivity index (χ0n) is 23.3. The molecule has 15 heteroatoms. The normalized spacial score (nSPS) is 53.9. The van der Waals surface area contributed by atoms with Crippen LogP contribution in [0.5, 0.6) is 0 Å². The molecule has 5 fully saturated rings. The molecule has 244 valence electrons. The molecule has 0 spiro atoms. The molecule has 3 saturated heterocycles. The molecule has 3 heterocycles. The fraction of sp³-hybridized carbons (Fsp3) is 1.00. The van der Waals surface area contributed by atoms with Gasteiger partial charge in [-0.05, 0) is 44.4 Å².